The molecule has 0 saturated carbocycles. The maximum Gasteiger partial charge on any atom is 0.412 e. The Morgan fingerprint density at radius 3 is 2.31 bits per heavy atom. The number of rotatable bonds is 8. The van der Waals surface area contributed by atoms with Gasteiger partial charge in [0.1, 0.15) is 32.8 Å². The number of alkyl carbamates (subject to hydrolysis) is 1. The molecule has 16 heteroatoms. The lowest BCUT2D eigenvalue weighted by atomic mass is 10.0. The molecule has 274 valence electrons. The first-order valence-corrected chi connectivity index (χ1v) is 17.4. The van der Waals surface area contributed by atoms with Gasteiger partial charge in [-0.1, -0.05) is 17.4 Å². The third kappa shape index (κ3) is 9.28. The molecule has 3 aromatic rings. The second kappa shape index (κ2) is 14.8. The predicted molar refractivity (Wildman–Crippen MR) is 187 cm³/mol. The van der Waals surface area contributed by atoms with Crippen molar-refractivity contribution in [2.45, 2.75) is 96.8 Å². The highest BCUT2D eigenvalue weighted by Crippen LogP contribution is 2.44. The molecular weight excluding hydrogens is 686 g/mol. The van der Waals surface area contributed by atoms with Crippen molar-refractivity contribution in [2.24, 2.45) is 0 Å². The molecule has 5 rings (SSSR count). The zero-order chi connectivity index (χ0) is 37.2. The molecule has 3 amide bonds. The van der Waals surface area contributed by atoms with Crippen molar-refractivity contribution >= 4 is 51.8 Å². The fourth-order valence-corrected chi connectivity index (χ4v) is 7.19. The average molecular weight is 729 g/mol. The maximum atomic E-state index is 14.8. The molecule has 1 unspecified atom stereocenters. The van der Waals surface area contributed by atoms with Gasteiger partial charge in [0.25, 0.3) is 5.91 Å². The van der Waals surface area contributed by atoms with E-state index < -0.39 is 52.5 Å². The summed E-state index contributed by atoms with van der Waals surface area (Å²) in [5.74, 6) is -3.89. The van der Waals surface area contributed by atoms with Gasteiger partial charge >= 0.3 is 18.2 Å². The van der Waals surface area contributed by atoms with E-state index in [4.69, 9.17) is 9.47 Å². The average Bonchev–Trinajstić information content (AvgIpc) is 3.58. The Kier molecular flexibility index (Phi) is 10.8. The van der Waals surface area contributed by atoms with Crippen LogP contribution in [0.15, 0.2) is 24.4 Å². The molecule has 0 spiro atoms. The molecule has 1 aromatic carbocycles. The van der Waals surface area contributed by atoms with Gasteiger partial charge in [-0.2, -0.15) is 0 Å². The summed E-state index contributed by atoms with van der Waals surface area (Å²) in [5.41, 5.74) is -0.0618. The van der Waals surface area contributed by atoms with E-state index in [-0.39, 0.29) is 39.8 Å². The summed E-state index contributed by atoms with van der Waals surface area (Å²) in [5, 5.41) is 17.5. The van der Waals surface area contributed by atoms with Crippen molar-refractivity contribution in [3.8, 4) is 10.6 Å². The van der Waals surface area contributed by atoms with Gasteiger partial charge in [0.2, 0.25) is 0 Å². The number of pyridine rings is 1. The number of anilines is 3. The summed E-state index contributed by atoms with van der Waals surface area (Å²) in [7, 11) is 0. The van der Waals surface area contributed by atoms with E-state index in [2.05, 4.69) is 25.9 Å². The Hall–Kier alpha value is -4.86. The number of carbonyl (C=O) groups excluding carboxylic acids is 3. The van der Waals surface area contributed by atoms with Crippen molar-refractivity contribution in [1.82, 2.24) is 15.3 Å². The minimum atomic E-state index is -0.955. The molecule has 0 bridgehead atoms. The summed E-state index contributed by atoms with van der Waals surface area (Å²) in [4.78, 5) is 62.0. The van der Waals surface area contributed by atoms with Gasteiger partial charge in [0.15, 0.2) is 5.69 Å². The third-order valence-corrected chi connectivity index (χ3v) is 9.06. The Morgan fingerprint density at radius 2 is 1.67 bits per heavy atom. The monoisotopic (exact) mass is 728 g/mol. The molecule has 1 aliphatic heterocycles. The smallest absolute Gasteiger partial charge is 0.412 e. The van der Waals surface area contributed by atoms with Gasteiger partial charge in [-0.05, 0) is 84.9 Å². The number of piperidine rings is 1. The highest BCUT2D eigenvalue weighted by atomic mass is 32.1. The van der Waals surface area contributed by atoms with Crippen LogP contribution >= 0.6 is 11.3 Å². The van der Waals surface area contributed by atoms with E-state index >= 15 is 0 Å². The lowest BCUT2D eigenvalue weighted by molar-refractivity contribution is -0.137. The van der Waals surface area contributed by atoms with Gasteiger partial charge in [0.05, 0.1) is 29.6 Å². The SMILES string of the molecule is CC(C)(C)OC(=O)Nc1sc(-c2c(F)cccc2F)nc1C(=O)Nc1cnc2c(c1N1CCC[C@H](NC(=O)OC(C)(C)C)C1)CCC2CC(=O)O. The molecular formula is C35H42F2N6O7S. The van der Waals surface area contributed by atoms with Gasteiger partial charge in [-0.3, -0.25) is 19.9 Å². The Morgan fingerprint density at radius 1 is 1.00 bits per heavy atom. The number of hydrogen-bond acceptors (Lipinski definition) is 10. The minimum Gasteiger partial charge on any atom is -0.481 e. The topological polar surface area (TPSA) is 172 Å². The first-order valence-electron chi connectivity index (χ1n) is 16.6. The predicted octanol–water partition coefficient (Wildman–Crippen LogP) is 7.08. The number of carboxylic acid groups (broad SMARTS) is 1. The van der Waals surface area contributed by atoms with Crippen LogP contribution in [0.5, 0.6) is 0 Å². The fraction of sp³-hybridized carbons (Fsp3) is 0.486. The van der Waals surface area contributed by atoms with Crippen LogP contribution in [-0.4, -0.2) is 69.5 Å². The van der Waals surface area contributed by atoms with Crippen molar-refractivity contribution in [3.05, 3.63) is 53.0 Å². The molecule has 3 heterocycles. The number of carboxylic acids is 1. The van der Waals surface area contributed by atoms with Crippen LogP contribution in [0.25, 0.3) is 10.6 Å². The normalized spacial score (nSPS) is 17.4. The van der Waals surface area contributed by atoms with Crippen molar-refractivity contribution in [2.75, 3.05) is 28.6 Å². The van der Waals surface area contributed by atoms with Crippen LogP contribution in [0.3, 0.4) is 0 Å². The van der Waals surface area contributed by atoms with Crippen LogP contribution in [0.4, 0.5) is 34.7 Å². The van der Waals surface area contributed by atoms with Crippen LogP contribution in [0, 0.1) is 11.6 Å². The van der Waals surface area contributed by atoms with Gasteiger partial charge in [0, 0.05) is 30.7 Å². The number of fused-ring (bicyclic) bond motifs is 1. The lowest BCUT2D eigenvalue weighted by Crippen LogP contribution is -2.49. The second-order valence-electron chi connectivity index (χ2n) is 14.5. The standard InChI is InChI=1S/C35H42F2N6O7S/c1-34(2,3)49-32(47)39-19-9-8-14-43(17-19)28-20-13-12-18(15-24(44)45)26(20)38-16-23(28)40-29(46)27-31(42-33(48)50-35(4,5)6)51-30(41-27)25-21(36)10-7-11-22(25)37/h7,10-11,16,18-19H,8-9,12-15,17H2,1-6H3,(H,39,47)(H,40,46)(H,42,48)(H,44,45)/t18?,19-/m0/s1. The number of aromatic nitrogens is 2. The van der Waals surface area contributed by atoms with E-state index in [0.29, 0.717) is 61.5 Å². The second-order valence-corrected chi connectivity index (χ2v) is 15.5. The summed E-state index contributed by atoms with van der Waals surface area (Å²) in [6, 6.07) is 3.03. The number of carbonyl (C=O) groups is 4. The lowest BCUT2D eigenvalue weighted by Gasteiger charge is -2.37. The quantitative estimate of drug-likeness (QED) is 0.188. The maximum absolute atomic E-state index is 14.8. The number of hydrogen-bond donors (Lipinski definition) is 4. The highest BCUT2D eigenvalue weighted by Gasteiger charge is 2.35. The van der Waals surface area contributed by atoms with Crippen molar-refractivity contribution in [1.29, 1.82) is 0 Å². The zero-order valence-electron chi connectivity index (χ0n) is 29.3. The van der Waals surface area contributed by atoms with E-state index in [1.807, 2.05) is 4.90 Å². The number of benzene rings is 1. The Labute approximate surface area is 298 Å². The molecule has 4 N–H and O–H groups in total. The van der Waals surface area contributed by atoms with Crippen molar-refractivity contribution < 1.29 is 42.5 Å². The molecule has 2 atom stereocenters. The first-order chi connectivity index (χ1) is 23.9. The fourth-order valence-electron chi connectivity index (χ4n) is 6.19. The van der Waals surface area contributed by atoms with Gasteiger partial charge < -0.3 is 30.1 Å². The molecule has 2 aromatic heterocycles. The number of nitrogens with zero attached hydrogens (tertiary/aromatic N) is 3. The number of ether oxygens (including phenoxy) is 2. The van der Waals surface area contributed by atoms with E-state index in [1.54, 1.807) is 41.5 Å². The molecule has 2 aliphatic rings. The van der Waals surface area contributed by atoms with Crippen LogP contribution in [0.1, 0.15) is 94.9 Å². The summed E-state index contributed by atoms with van der Waals surface area (Å²) in [6.45, 7) is 11.2. The molecule has 13 nitrogen and oxygen atoms in total. The molecule has 51 heavy (non-hydrogen) atoms. The summed E-state index contributed by atoms with van der Waals surface area (Å²) in [6.07, 6.45) is 2.29. The number of thiazole rings is 1. The van der Waals surface area contributed by atoms with Crippen LogP contribution < -0.4 is 20.9 Å². The Bertz CT molecular complexity index is 1820. The molecule has 0 radical (unpaired) electrons. The minimum absolute atomic E-state index is 0.101. The van der Waals surface area contributed by atoms with E-state index in [1.165, 1.54) is 12.3 Å². The zero-order valence-corrected chi connectivity index (χ0v) is 30.1. The molecule has 1 saturated heterocycles. The first kappa shape index (κ1) is 37.4. The van der Waals surface area contributed by atoms with E-state index in [9.17, 15) is 33.1 Å². The van der Waals surface area contributed by atoms with Gasteiger partial charge in [-0.15, -0.1) is 0 Å². The third-order valence-electron chi connectivity index (χ3n) is 8.07. The van der Waals surface area contributed by atoms with Crippen LogP contribution in [-0.2, 0) is 20.7 Å². The van der Waals surface area contributed by atoms with Gasteiger partial charge in [-0.25, -0.2) is 23.4 Å². The number of nitrogens with one attached hydrogen (secondary N) is 3. The largest absolute Gasteiger partial charge is 0.481 e. The van der Waals surface area contributed by atoms with E-state index in [0.717, 1.165) is 17.7 Å². The number of aliphatic carboxylic acids is 1. The summed E-state index contributed by atoms with van der Waals surface area (Å²) >= 11 is 0.705. The highest BCUT2D eigenvalue weighted by molar-refractivity contribution is 7.19. The number of amides is 3. The summed E-state index contributed by atoms with van der Waals surface area (Å²) < 4.78 is 40.5. The van der Waals surface area contributed by atoms with Crippen molar-refractivity contribution in [3.63, 3.8) is 0 Å². The molecule has 1 aliphatic carbocycles. The Balaban J connectivity index is 1.52. The van der Waals surface area contributed by atoms with Crippen LogP contribution in [0.2, 0.25) is 0 Å². The molecule has 1 fully saturated rings. The number of halogens is 2.